The molecule has 1 fully saturated rings. The Morgan fingerprint density at radius 1 is 1.43 bits per heavy atom. The molecule has 110 valence electrons. The number of likely N-dealkylation sites (tertiary alicyclic amines) is 1. The zero-order valence-corrected chi connectivity index (χ0v) is 12.0. The van der Waals surface area contributed by atoms with Crippen LogP contribution in [0.4, 0.5) is 0 Å². The summed E-state index contributed by atoms with van der Waals surface area (Å²) in [6.07, 6.45) is 0.950. The number of carbonyl (C=O) groups is 1. The van der Waals surface area contributed by atoms with E-state index in [0.717, 1.165) is 12.0 Å². The number of nitrogens with zero attached hydrogens (tertiary/aromatic N) is 2. The molecule has 2 unspecified atom stereocenters. The first kappa shape index (κ1) is 13.8. The lowest BCUT2D eigenvalue weighted by molar-refractivity contribution is 0.0733. The maximum absolute atomic E-state index is 12.5. The summed E-state index contributed by atoms with van der Waals surface area (Å²) in [6.45, 7) is 3.36. The van der Waals surface area contributed by atoms with Crippen LogP contribution < -0.4 is 5.73 Å². The summed E-state index contributed by atoms with van der Waals surface area (Å²) in [5, 5.41) is 3.92. The molecular formula is C16H19N3O2. The molecule has 1 amide bonds. The monoisotopic (exact) mass is 285 g/mol. The molecule has 5 nitrogen and oxygen atoms in total. The Morgan fingerprint density at radius 2 is 2.19 bits per heavy atom. The Labute approximate surface area is 123 Å². The molecule has 21 heavy (non-hydrogen) atoms. The van der Waals surface area contributed by atoms with Crippen molar-refractivity contribution in [2.45, 2.75) is 19.4 Å². The molecule has 1 aromatic carbocycles. The second-order valence-electron chi connectivity index (χ2n) is 5.59. The predicted octanol–water partition coefficient (Wildman–Crippen LogP) is 2.15. The lowest BCUT2D eigenvalue weighted by Crippen LogP contribution is -2.34. The Morgan fingerprint density at radius 3 is 2.86 bits per heavy atom. The van der Waals surface area contributed by atoms with Gasteiger partial charge in [-0.25, -0.2) is 0 Å². The highest BCUT2D eigenvalue weighted by atomic mass is 16.5. The highest BCUT2D eigenvalue weighted by Gasteiger charge is 2.33. The van der Waals surface area contributed by atoms with Crippen molar-refractivity contribution in [1.29, 1.82) is 0 Å². The average molecular weight is 285 g/mol. The van der Waals surface area contributed by atoms with E-state index in [4.69, 9.17) is 10.3 Å². The number of rotatable bonds is 3. The van der Waals surface area contributed by atoms with Gasteiger partial charge in [0.25, 0.3) is 5.91 Å². The minimum Gasteiger partial charge on any atom is -0.355 e. The smallest absolute Gasteiger partial charge is 0.276 e. The van der Waals surface area contributed by atoms with Crippen molar-refractivity contribution in [2.24, 2.45) is 11.7 Å². The number of benzene rings is 1. The highest BCUT2D eigenvalue weighted by Crippen LogP contribution is 2.25. The van der Waals surface area contributed by atoms with E-state index in [0.29, 0.717) is 30.5 Å². The standard InChI is InChI=1S/C16H19N3O2/c1-11-7-12(9-17)10-19(11)16(20)14-8-15(21-18-14)13-5-3-2-4-6-13/h2-6,8,11-12H,7,9-10,17H2,1H3. The van der Waals surface area contributed by atoms with Crippen molar-refractivity contribution in [3.8, 4) is 11.3 Å². The number of carbonyl (C=O) groups excluding carboxylic acids is 1. The van der Waals surface area contributed by atoms with Gasteiger partial charge in [0.05, 0.1) is 0 Å². The van der Waals surface area contributed by atoms with Crippen LogP contribution >= 0.6 is 0 Å². The molecule has 0 spiro atoms. The van der Waals surface area contributed by atoms with Gasteiger partial charge in [0.2, 0.25) is 0 Å². The molecule has 2 aromatic rings. The van der Waals surface area contributed by atoms with Crippen molar-refractivity contribution in [2.75, 3.05) is 13.1 Å². The van der Waals surface area contributed by atoms with Crippen molar-refractivity contribution >= 4 is 5.91 Å². The van der Waals surface area contributed by atoms with Crippen LogP contribution in [-0.2, 0) is 0 Å². The van der Waals surface area contributed by atoms with Crippen LogP contribution in [-0.4, -0.2) is 35.1 Å². The SMILES string of the molecule is CC1CC(CN)CN1C(=O)c1cc(-c2ccccc2)on1. The first-order chi connectivity index (χ1) is 10.2. The van der Waals surface area contributed by atoms with Crippen LogP contribution in [0.3, 0.4) is 0 Å². The normalized spacial score (nSPS) is 21.7. The van der Waals surface area contributed by atoms with Gasteiger partial charge in [-0.05, 0) is 25.8 Å². The fraction of sp³-hybridized carbons (Fsp3) is 0.375. The first-order valence-electron chi connectivity index (χ1n) is 7.22. The maximum Gasteiger partial charge on any atom is 0.276 e. The summed E-state index contributed by atoms with van der Waals surface area (Å²) in [6, 6.07) is 11.5. The minimum atomic E-state index is -0.0793. The topological polar surface area (TPSA) is 72.4 Å². The van der Waals surface area contributed by atoms with Crippen molar-refractivity contribution in [1.82, 2.24) is 10.1 Å². The molecule has 2 heterocycles. The number of aromatic nitrogens is 1. The molecule has 1 aromatic heterocycles. The summed E-state index contributed by atoms with van der Waals surface area (Å²) >= 11 is 0. The van der Waals surface area contributed by atoms with Crippen molar-refractivity contribution < 1.29 is 9.32 Å². The Bertz CT molecular complexity index is 623. The van der Waals surface area contributed by atoms with Gasteiger partial charge in [0.1, 0.15) is 0 Å². The summed E-state index contributed by atoms with van der Waals surface area (Å²) in [4.78, 5) is 14.4. The second kappa shape index (κ2) is 5.69. The van der Waals surface area contributed by atoms with Crippen LogP contribution in [0.25, 0.3) is 11.3 Å². The fourth-order valence-corrected chi connectivity index (χ4v) is 2.86. The molecule has 5 heteroatoms. The van der Waals surface area contributed by atoms with E-state index in [1.165, 1.54) is 0 Å². The molecule has 1 saturated heterocycles. The largest absolute Gasteiger partial charge is 0.355 e. The fourth-order valence-electron chi connectivity index (χ4n) is 2.86. The average Bonchev–Trinajstić information content (AvgIpc) is 3.14. The van der Waals surface area contributed by atoms with Crippen molar-refractivity contribution in [3.05, 3.63) is 42.1 Å². The third-order valence-corrected chi connectivity index (χ3v) is 4.04. The first-order valence-corrected chi connectivity index (χ1v) is 7.22. The molecule has 1 aliphatic rings. The molecule has 1 aliphatic heterocycles. The van der Waals surface area contributed by atoms with E-state index in [9.17, 15) is 4.79 Å². The second-order valence-corrected chi connectivity index (χ2v) is 5.59. The van der Waals surface area contributed by atoms with Gasteiger partial charge in [-0.1, -0.05) is 35.5 Å². The van der Waals surface area contributed by atoms with Gasteiger partial charge in [-0.3, -0.25) is 4.79 Å². The number of hydrogen-bond acceptors (Lipinski definition) is 4. The summed E-state index contributed by atoms with van der Waals surface area (Å²) in [7, 11) is 0. The lowest BCUT2D eigenvalue weighted by atomic mass is 10.1. The van der Waals surface area contributed by atoms with E-state index < -0.39 is 0 Å². The quantitative estimate of drug-likeness (QED) is 0.938. The third kappa shape index (κ3) is 2.69. The van der Waals surface area contributed by atoms with Gasteiger partial charge < -0.3 is 15.2 Å². The number of nitrogens with two attached hydrogens (primary N) is 1. The van der Waals surface area contributed by atoms with E-state index in [1.54, 1.807) is 6.07 Å². The zero-order valence-electron chi connectivity index (χ0n) is 12.0. The van der Waals surface area contributed by atoms with Crippen molar-refractivity contribution in [3.63, 3.8) is 0 Å². The molecule has 0 bridgehead atoms. The van der Waals surface area contributed by atoms with Crippen LogP contribution in [0.5, 0.6) is 0 Å². The van der Waals surface area contributed by atoms with Crippen LogP contribution in [0, 0.1) is 5.92 Å². The van der Waals surface area contributed by atoms with E-state index in [2.05, 4.69) is 5.16 Å². The Balaban J connectivity index is 1.79. The minimum absolute atomic E-state index is 0.0793. The molecule has 0 aliphatic carbocycles. The zero-order chi connectivity index (χ0) is 14.8. The Kier molecular flexibility index (Phi) is 3.75. The van der Waals surface area contributed by atoms with Gasteiger partial charge in [-0.15, -0.1) is 0 Å². The predicted molar refractivity (Wildman–Crippen MR) is 79.6 cm³/mol. The molecule has 2 atom stereocenters. The van der Waals surface area contributed by atoms with Crippen LogP contribution in [0.2, 0.25) is 0 Å². The van der Waals surface area contributed by atoms with E-state index >= 15 is 0 Å². The lowest BCUT2D eigenvalue weighted by Gasteiger charge is -2.19. The van der Waals surface area contributed by atoms with Crippen LogP contribution in [0.1, 0.15) is 23.8 Å². The van der Waals surface area contributed by atoms with E-state index in [-0.39, 0.29) is 11.9 Å². The van der Waals surface area contributed by atoms with Gasteiger partial charge in [0, 0.05) is 24.2 Å². The summed E-state index contributed by atoms with van der Waals surface area (Å²) in [5.41, 5.74) is 6.98. The highest BCUT2D eigenvalue weighted by molar-refractivity contribution is 5.93. The van der Waals surface area contributed by atoms with E-state index in [1.807, 2.05) is 42.2 Å². The Hall–Kier alpha value is -2.14. The number of amides is 1. The third-order valence-electron chi connectivity index (χ3n) is 4.04. The van der Waals surface area contributed by atoms with Crippen LogP contribution in [0.15, 0.2) is 40.9 Å². The molecular weight excluding hydrogens is 266 g/mol. The maximum atomic E-state index is 12.5. The molecule has 3 rings (SSSR count). The molecule has 2 N–H and O–H groups in total. The summed E-state index contributed by atoms with van der Waals surface area (Å²) < 4.78 is 5.30. The van der Waals surface area contributed by atoms with Gasteiger partial charge in [0.15, 0.2) is 11.5 Å². The summed E-state index contributed by atoms with van der Waals surface area (Å²) in [5.74, 6) is 0.912. The van der Waals surface area contributed by atoms with Gasteiger partial charge in [-0.2, -0.15) is 0 Å². The van der Waals surface area contributed by atoms with Gasteiger partial charge >= 0.3 is 0 Å². The molecule has 0 saturated carbocycles. The number of hydrogen-bond donors (Lipinski definition) is 1. The molecule has 0 radical (unpaired) electrons.